The van der Waals surface area contributed by atoms with Crippen molar-refractivity contribution < 1.29 is 27.3 Å². The number of piperidine rings is 1. The fourth-order valence-corrected chi connectivity index (χ4v) is 4.94. The largest absolute Gasteiger partial charge is 0.444 e. The number of amides is 3. The first kappa shape index (κ1) is 22.4. The summed E-state index contributed by atoms with van der Waals surface area (Å²) in [6.07, 6.45) is 8.95. The van der Waals surface area contributed by atoms with Crippen molar-refractivity contribution in [2.24, 2.45) is 0 Å². The lowest BCUT2D eigenvalue weighted by Crippen LogP contribution is -2.50. The summed E-state index contributed by atoms with van der Waals surface area (Å²) in [4.78, 5) is 30.1. The van der Waals surface area contributed by atoms with E-state index in [1.54, 1.807) is 39.0 Å². The summed E-state index contributed by atoms with van der Waals surface area (Å²) in [6, 6.07) is -0.582. The SMILES string of the molecule is CC(C)(C)OC(=O)N1CCC(NC(=O)N2CC3C=CC(S(=O)(=O)O)=C4C=CC=C2N43)CC1. The molecule has 0 radical (unpaired) electrons. The molecular formula is C21H28N4O6S. The molecule has 1 atom stereocenters. The lowest BCUT2D eigenvalue weighted by Gasteiger charge is -2.35. The Morgan fingerprint density at radius 3 is 2.50 bits per heavy atom. The van der Waals surface area contributed by atoms with E-state index >= 15 is 0 Å². The van der Waals surface area contributed by atoms with Gasteiger partial charge in [-0.3, -0.25) is 9.45 Å². The van der Waals surface area contributed by atoms with Crippen LogP contribution in [0.25, 0.3) is 0 Å². The minimum Gasteiger partial charge on any atom is -0.444 e. The van der Waals surface area contributed by atoms with Gasteiger partial charge >= 0.3 is 12.1 Å². The highest BCUT2D eigenvalue weighted by Gasteiger charge is 2.42. The number of nitrogens with zero attached hydrogens (tertiary/aromatic N) is 3. The van der Waals surface area contributed by atoms with Gasteiger partial charge in [-0.15, -0.1) is 0 Å². The number of rotatable bonds is 2. The van der Waals surface area contributed by atoms with Crippen molar-refractivity contribution in [3.05, 3.63) is 46.8 Å². The third kappa shape index (κ3) is 4.40. The molecule has 1 unspecified atom stereocenters. The van der Waals surface area contributed by atoms with Crippen LogP contribution in [0, 0.1) is 0 Å². The second-order valence-corrected chi connectivity index (χ2v) is 10.6. The maximum Gasteiger partial charge on any atom is 0.410 e. The van der Waals surface area contributed by atoms with Gasteiger partial charge < -0.3 is 19.9 Å². The van der Waals surface area contributed by atoms with Crippen LogP contribution in [0.3, 0.4) is 0 Å². The van der Waals surface area contributed by atoms with E-state index in [9.17, 15) is 22.6 Å². The molecule has 4 heterocycles. The third-order valence-corrected chi connectivity index (χ3v) is 6.60. The summed E-state index contributed by atoms with van der Waals surface area (Å²) in [5.41, 5.74) is -0.207. The number of nitrogens with one attached hydrogen (secondary N) is 1. The molecule has 0 aliphatic carbocycles. The molecule has 4 aliphatic rings. The van der Waals surface area contributed by atoms with Gasteiger partial charge in [-0.2, -0.15) is 8.42 Å². The average molecular weight is 465 g/mol. The smallest absolute Gasteiger partial charge is 0.410 e. The molecule has 174 valence electrons. The Morgan fingerprint density at radius 2 is 1.88 bits per heavy atom. The van der Waals surface area contributed by atoms with Crippen molar-refractivity contribution in [1.29, 1.82) is 0 Å². The topological polar surface area (TPSA) is 119 Å². The van der Waals surface area contributed by atoms with Crippen LogP contribution in [0.4, 0.5) is 9.59 Å². The molecule has 32 heavy (non-hydrogen) atoms. The second-order valence-electron chi connectivity index (χ2n) is 9.21. The normalized spacial score (nSPS) is 23.3. The Kier molecular flexibility index (Phi) is 5.58. The highest BCUT2D eigenvalue weighted by molar-refractivity contribution is 7.90. The molecule has 0 aromatic carbocycles. The monoisotopic (exact) mass is 464 g/mol. The van der Waals surface area contributed by atoms with E-state index < -0.39 is 15.7 Å². The van der Waals surface area contributed by atoms with Crippen molar-refractivity contribution in [3.8, 4) is 0 Å². The molecular weight excluding hydrogens is 436 g/mol. The van der Waals surface area contributed by atoms with Gasteiger partial charge in [-0.25, -0.2) is 9.59 Å². The Morgan fingerprint density at radius 1 is 1.19 bits per heavy atom. The van der Waals surface area contributed by atoms with Crippen molar-refractivity contribution in [3.63, 3.8) is 0 Å². The highest BCUT2D eigenvalue weighted by atomic mass is 32.2. The standard InChI is InChI=1S/C21H28N4O6S/c1-21(2,3)31-20(27)23-11-9-14(10-12-23)22-19(26)24-13-15-7-8-17(32(28,29)30)16-5-4-6-18(24)25(15)16/h4-8,14-15H,9-13H2,1-3H3,(H,22,26)(H,28,29,30). The summed E-state index contributed by atoms with van der Waals surface area (Å²) in [7, 11) is -4.39. The molecule has 0 bridgehead atoms. The van der Waals surface area contributed by atoms with Gasteiger partial charge in [-0.05, 0) is 51.8 Å². The number of carbonyl (C=O) groups is 2. The van der Waals surface area contributed by atoms with E-state index in [0.717, 1.165) is 0 Å². The molecule has 4 rings (SSSR count). The molecule has 2 N–H and O–H groups in total. The molecule has 10 nitrogen and oxygen atoms in total. The van der Waals surface area contributed by atoms with Gasteiger partial charge in [-0.1, -0.05) is 12.2 Å². The van der Waals surface area contributed by atoms with E-state index in [2.05, 4.69) is 5.32 Å². The predicted octanol–water partition coefficient (Wildman–Crippen LogP) is 2.16. The van der Waals surface area contributed by atoms with Crippen molar-refractivity contribution in [2.75, 3.05) is 19.6 Å². The maximum absolute atomic E-state index is 13.0. The van der Waals surface area contributed by atoms with Gasteiger partial charge in [0, 0.05) is 19.1 Å². The number of urea groups is 1. The zero-order chi connectivity index (χ0) is 23.3. The fraction of sp³-hybridized carbons (Fsp3) is 0.524. The summed E-state index contributed by atoms with van der Waals surface area (Å²) in [5.74, 6) is 0.557. The van der Waals surface area contributed by atoms with Crippen LogP contribution in [0.5, 0.6) is 0 Å². The Balaban J connectivity index is 1.40. The number of likely N-dealkylation sites (tertiary alicyclic amines) is 1. The van der Waals surface area contributed by atoms with Gasteiger partial charge in [0.2, 0.25) is 0 Å². The zero-order valence-corrected chi connectivity index (χ0v) is 19.1. The van der Waals surface area contributed by atoms with Crippen molar-refractivity contribution in [2.45, 2.75) is 51.3 Å². The Hall–Kier alpha value is -2.79. The molecule has 4 aliphatic heterocycles. The summed E-state index contributed by atoms with van der Waals surface area (Å²) in [5, 5.41) is 3.03. The molecule has 3 amide bonds. The van der Waals surface area contributed by atoms with Crippen molar-refractivity contribution in [1.82, 2.24) is 20.0 Å². The number of ether oxygens (including phenoxy) is 1. The fourth-order valence-electron chi connectivity index (χ4n) is 4.26. The zero-order valence-electron chi connectivity index (χ0n) is 18.3. The van der Waals surface area contributed by atoms with Crippen LogP contribution in [0.1, 0.15) is 33.6 Å². The average Bonchev–Trinajstić information content (AvgIpc) is 3.07. The first-order valence-corrected chi connectivity index (χ1v) is 12.0. The molecule has 11 heteroatoms. The predicted molar refractivity (Wildman–Crippen MR) is 117 cm³/mol. The van der Waals surface area contributed by atoms with Crippen LogP contribution in [0.2, 0.25) is 0 Å². The first-order chi connectivity index (χ1) is 14.9. The van der Waals surface area contributed by atoms with Gasteiger partial charge in [0.25, 0.3) is 10.1 Å². The summed E-state index contributed by atoms with van der Waals surface area (Å²) >= 11 is 0. The summed E-state index contributed by atoms with van der Waals surface area (Å²) in [6.45, 7) is 6.82. The molecule has 0 aromatic rings. The molecule has 2 fully saturated rings. The minimum atomic E-state index is -4.39. The molecule has 0 saturated carbocycles. The number of hydrogen-bond acceptors (Lipinski definition) is 6. The highest BCUT2D eigenvalue weighted by Crippen LogP contribution is 2.38. The van der Waals surface area contributed by atoms with Crippen LogP contribution in [0.15, 0.2) is 46.8 Å². The van der Waals surface area contributed by atoms with E-state index in [1.807, 2.05) is 20.8 Å². The maximum atomic E-state index is 13.0. The Labute approximate surface area is 187 Å². The minimum absolute atomic E-state index is 0.0857. The van der Waals surface area contributed by atoms with Crippen LogP contribution < -0.4 is 5.32 Å². The molecule has 2 saturated heterocycles. The lowest BCUT2D eigenvalue weighted by molar-refractivity contribution is 0.0201. The number of hydrogen-bond donors (Lipinski definition) is 2. The summed E-state index contributed by atoms with van der Waals surface area (Å²) < 4.78 is 38.4. The van der Waals surface area contributed by atoms with Gasteiger partial charge in [0.05, 0.1) is 18.3 Å². The van der Waals surface area contributed by atoms with E-state index in [1.165, 1.54) is 6.08 Å². The van der Waals surface area contributed by atoms with Crippen LogP contribution in [-0.2, 0) is 14.9 Å². The molecule has 0 spiro atoms. The quantitative estimate of drug-likeness (QED) is 0.601. The van der Waals surface area contributed by atoms with Crippen molar-refractivity contribution >= 4 is 22.2 Å². The number of carbonyl (C=O) groups excluding carboxylic acids is 2. The van der Waals surface area contributed by atoms with E-state index in [4.69, 9.17) is 4.74 Å². The first-order valence-electron chi connectivity index (χ1n) is 10.6. The lowest BCUT2D eigenvalue weighted by atomic mass is 10.1. The van der Waals surface area contributed by atoms with Gasteiger partial charge in [0.1, 0.15) is 16.3 Å². The van der Waals surface area contributed by atoms with Crippen LogP contribution >= 0.6 is 0 Å². The van der Waals surface area contributed by atoms with E-state index in [-0.39, 0.29) is 29.1 Å². The van der Waals surface area contributed by atoms with Crippen LogP contribution in [-0.4, -0.2) is 77.1 Å². The Bertz CT molecular complexity index is 1040. The second kappa shape index (κ2) is 7.96. The van der Waals surface area contributed by atoms with Gasteiger partial charge in [0.15, 0.2) is 0 Å². The van der Waals surface area contributed by atoms with E-state index in [0.29, 0.717) is 44.0 Å². The number of allylic oxidation sites excluding steroid dienone is 4. The third-order valence-electron chi connectivity index (χ3n) is 5.70. The molecule has 0 aromatic heterocycles.